The van der Waals surface area contributed by atoms with Crippen LogP contribution >= 0.6 is 0 Å². The van der Waals surface area contributed by atoms with Crippen LogP contribution < -0.4 is 10.5 Å². The van der Waals surface area contributed by atoms with E-state index in [4.69, 9.17) is 15.7 Å². The molecule has 1 atom stereocenters. The van der Waals surface area contributed by atoms with Crippen LogP contribution in [0.1, 0.15) is 25.3 Å². The van der Waals surface area contributed by atoms with Crippen LogP contribution in [0.15, 0.2) is 29.7 Å². The van der Waals surface area contributed by atoms with Crippen molar-refractivity contribution in [3.63, 3.8) is 0 Å². The van der Waals surface area contributed by atoms with Gasteiger partial charge in [-0.15, -0.1) is 0 Å². The molecule has 0 saturated carbocycles. The number of nitriles is 1. The van der Waals surface area contributed by atoms with Crippen LogP contribution in [0.2, 0.25) is 0 Å². The number of hydrogen-bond acceptors (Lipinski definition) is 4. The van der Waals surface area contributed by atoms with Crippen molar-refractivity contribution in [2.24, 2.45) is 11.7 Å². The molecule has 88 valence electrons. The van der Waals surface area contributed by atoms with Gasteiger partial charge in [0.05, 0.1) is 5.57 Å². The fraction of sp³-hybridized carbons (Fsp3) is 0.308. The molecule has 0 aliphatic carbocycles. The molecular formula is C13H14N2O2. The van der Waals surface area contributed by atoms with Crippen molar-refractivity contribution in [1.29, 1.82) is 5.26 Å². The highest BCUT2D eigenvalue weighted by molar-refractivity contribution is 5.52. The summed E-state index contributed by atoms with van der Waals surface area (Å²) in [6.45, 7) is 4.05. The smallest absolute Gasteiger partial charge is 0.205 e. The Hall–Kier alpha value is -2.15. The standard InChI is InChI=1S/C13H14N2O2/c1-7(2)12-9-4-3-8(16)5-11(9)17-13(15)10(12)6-14/h3-5,7,12,16H,15H2,1-2H3/t12-/m1/s1. The molecule has 0 radical (unpaired) electrons. The van der Waals surface area contributed by atoms with E-state index in [1.165, 1.54) is 6.07 Å². The molecule has 0 saturated heterocycles. The Balaban J connectivity index is 2.60. The van der Waals surface area contributed by atoms with E-state index in [-0.39, 0.29) is 23.5 Å². The van der Waals surface area contributed by atoms with Crippen LogP contribution in [0.3, 0.4) is 0 Å². The van der Waals surface area contributed by atoms with Gasteiger partial charge in [-0.3, -0.25) is 0 Å². The summed E-state index contributed by atoms with van der Waals surface area (Å²) in [4.78, 5) is 0. The van der Waals surface area contributed by atoms with Gasteiger partial charge in [0.15, 0.2) is 0 Å². The molecule has 0 fully saturated rings. The van der Waals surface area contributed by atoms with Crippen molar-refractivity contribution in [2.45, 2.75) is 19.8 Å². The van der Waals surface area contributed by atoms with E-state index in [1.807, 2.05) is 13.8 Å². The maximum Gasteiger partial charge on any atom is 0.205 e. The molecule has 1 aromatic carbocycles. The zero-order valence-electron chi connectivity index (χ0n) is 9.77. The number of aromatic hydroxyl groups is 1. The van der Waals surface area contributed by atoms with Gasteiger partial charge in [-0.25, -0.2) is 0 Å². The van der Waals surface area contributed by atoms with Gasteiger partial charge < -0.3 is 15.6 Å². The molecular weight excluding hydrogens is 216 g/mol. The number of nitrogens with two attached hydrogens (primary N) is 1. The Morgan fingerprint density at radius 1 is 1.47 bits per heavy atom. The van der Waals surface area contributed by atoms with E-state index in [0.29, 0.717) is 11.3 Å². The van der Waals surface area contributed by atoms with E-state index in [0.717, 1.165) is 5.56 Å². The third-order valence-electron chi connectivity index (χ3n) is 2.92. The van der Waals surface area contributed by atoms with Crippen LogP contribution in [-0.4, -0.2) is 5.11 Å². The first-order valence-electron chi connectivity index (χ1n) is 5.45. The highest BCUT2D eigenvalue weighted by atomic mass is 16.5. The van der Waals surface area contributed by atoms with E-state index in [1.54, 1.807) is 12.1 Å². The number of nitrogens with zero attached hydrogens (tertiary/aromatic N) is 1. The third-order valence-corrected chi connectivity index (χ3v) is 2.92. The summed E-state index contributed by atoms with van der Waals surface area (Å²) >= 11 is 0. The lowest BCUT2D eigenvalue weighted by molar-refractivity contribution is 0.368. The minimum Gasteiger partial charge on any atom is -0.508 e. The molecule has 0 aromatic heterocycles. The summed E-state index contributed by atoms with van der Waals surface area (Å²) in [5, 5.41) is 18.6. The number of allylic oxidation sites excluding steroid dienone is 1. The molecule has 3 N–H and O–H groups in total. The van der Waals surface area contributed by atoms with Gasteiger partial charge in [-0.1, -0.05) is 19.9 Å². The van der Waals surface area contributed by atoms with Crippen LogP contribution in [0, 0.1) is 17.2 Å². The minimum absolute atomic E-state index is 0.0793. The Bertz CT molecular complexity index is 527. The van der Waals surface area contributed by atoms with Gasteiger partial charge in [0, 0.05) is 17.5 Å². The molecule has 1 aromatic rings. The molecule has 1 heterocycles. The monoisotopic (exact) mass is 230 g/mol. The number of phenols is 1. The van der Waals surface area contributed by atoms with Gasteiger partial charge in [0.1, 0.15) is 17.6 Å². The number of fused-ring (bicyclic) bond motifs is 1. The lowest BCUT2D eigenvalue weighted by atomic mass is 9.81. The van der Waals surface area contributed by atoms with Crippen molar-refractivity contribution in [3.05, 3.63) is 35.2 Å². The minimum atomic E-state index is -0.0793. The molecule has 1 aliphatic rings. The Morgan fingerprint density at radius 3 is 2.76 bits per heavy atom. The fourth-order valence-corrected chi connectivity index (χ4v) is 2.17. The van der Waals surface area contributed by atoms with E-state index >= 15 is 0 Å². The maximum absolute atomic E-state index is 9.42. The lowest BCUT2D eigenvalue weighted by Crippen LogP contribution is -2.23. The predicted molar refractivity (Wildman–Crippen MR) is 63.1 cm³/mol. The number of rotatable bonds is 1. The molecule has 4 nitrogen and oxygen atoms in total. The first-order valence-corrected chi connectivity index (χ1v) is 5.45. The zero-order valence-corrected chi connectivity index (χ0v) is 9.77. The first-order chi connectivity index (χ1) is 8.04. The Kier molecular flexibility index (Phi) is 2.68. The van der Waals surface area contributed by atoms with Crippen molar-refractivity contribution in [3.8, 4) is 17.6 Å². The Morgan fingerprint density at radius 2 is 2.18 bits per heavy atom. The van der Waals surface area contributed by atoms with E-state index < -0.39 is 0 Å². The van der Waals surface area contributed by atoms with Gasteiger partial charge in [-0.05, 0) is 12.0 Å². The van der Waals surface area contributed by atoms with Crippen LogP contribution in [-0.2, 0) is 0 Å². The molecule has 1 aliphatic heterocycles. The zero-order chi connectivity index (χ0) is 12.6. The second-order valence-electron chi connectivity index (χ2n) is 4.44. The Labute approximate surface area is 99.9 Å². The molecule has 0 bridgehead atoms. The summed E-state index contributed by atoms with van der Waals surface area (Å²) in [5.41, 5.74) is 7.08. The van der Waals surface area contributed by atoms with Gasteiger partial charge in [0.2, 0.25) is 5.88 Å². The summed E-state index contributed by atoms with van der Waals surface area (Å²) in [6, 6.07) is 7.00. The topological polar surface area (TPSA) is 79.3 Å². The summed E-state index contributed by atoms with van der Waals surface area (Å²) < 4.78 is 5.37. The van der Waals surface area contributed by atoms with Crippen LogP contribution in [0.4, 0.5) is 0 Å². The number of ether oxygens (including phenoxy) is 1. The number of phenolic OH excluding ortho intramolecular Hbond substituents is 1. The highest BCUT2D eigenvalue weighted by Gasteiger charge is 2.31. The van der Waals surface area contributed by atoms with Crippen LogP contribution in [0.25, 0.3) is 0 Å². The van der Waals surface area contributed by atoms with Crippen molar-refractivity contribution >= 4 is 0 Å². The lowest BCUT2D eigenvalue weighted by Gasteiger charge is -2.28. The molecule has 0 amide bonds. The second kappa shape index (κ2) is 4.02. The molecule has 4 heteroatoms. The highest BCUT2D eigenvalue weighted by Crippen LogP contribution is 2.43. The predicted octanol–water partition coefficient (Wildman–Crippen LogP) is 2.22. The summed E-state index contributed by atoms with van der Waals surface area (Å²) in [7, 11) is 0. The summed E-state index contributed by atoms with van der Waals surface area (Å²) in [5.74, 6) is 0.934. The van der Waals surface area contributed by atoms with Gasteiger partial charge >= 0.3 is 0 Å². The second-order valence-corrected chi connectivity index (χ2v) is 4.44. The average Bonchev–Trinajstić information content (AvgIpc) is 2.26. The first kappa shape index (κ1) is 11.3. The largest absolute Gasteiger partial charge is 0.508 e. The van der Waals surface area contributed by atoms with E-state index in [9.17, 15) is 5.11 Å². The molecule has 0 spiro atoms. The van der Waals surface area contributed by atoms with Crippen molar-refractivity contribution < 1.29 is 9.84 Å². The van der Waals surface area contributed by atoms with Crippen molar-refractivity contribution in [1.82, 2.24) is 0 Å². The normalized spacial score (nSPS) is 18.6. The average molecular weight is 230 g/mol. The molecule has 2 rings (SSSR count). The van der Waals surface area contributed by atoms with E-state index in [2.05, 4.69) is 6.07 Å². The summed E-state index contributed by atoms with van der Waals surface area (Å²) in [6.07, 6.45) is 0. The SMILES string of the molecule is CC(C)[C@H]1C(C#N)=C(N)Oc2cc(O)ccc21. The van der Waals surface area contributed by atoms with Crippen molar-refractivity contribution in [2.75, 3.05) is 0 Å². The van der Waals surface area contributed by atoms with Crippen LogP contribution in [0.5, 0.6) is 11.5 Å². The number of benzene rings is 1. The van der Waals surface area contributed by atoms with Gasteiger partial charge in [0.25, 0.3) is 0 Å². The quantitative estimate of drug-likeness (QED) is 0.775. The maximum atomic E-state index is 9.42. The van der Waals surface area contributed by atoms with Gasteiger partial charge in [-0.2, -0.15) is 5.26 Å². The molecule has 17 heavy (non-hydrogen) atoms. The molecule has 0 unspecified atom stereocenters. The third kappa shape index (κ3) is 1.80. The fourth-order valence-electron chi connectivity index (χ4n) is 2.17. The number of hydrogen-bond donors (Lipinski definition) is 2.